The Morgan fingerprint density at radius 3 is 2.52 bits per heavy atom. The zero-order chi connectivity index (χ0) is 22.0. The Morgan fingerprint density at radius 1 is 1.38 bits per heavy atom. The SMILES string of the molecule is CC(=O)SC1CN(c2nc(C(=O)N(CCO[Si](C)(C)C(C)(C)C)C(C)C)cs2)C1. The van der Waals surface area contributed by atoms with Gasteiger partial charge in [-0.1, -0.05) is 32.5 Å². The van der Waals surface area contributed by atoms with Crippen LogP contribution in [0.2, 0.25) is 18.1 Å². The van der Waals surface area contributed by atoms with E-state index in [2.05, 4.69) is 43.7 Å². The summed E-state index contributed by atoms with van der Waals surface area (Å²) in [7, 11) is -1.83. The fourth-order valence-electron chi connectivity index (χ4n) is 2.77. The summed E-state index contributed by atoms with van der Waals surface area (Å²) in [6, 6.07) is 0.0796. The molecular weight excluding hydrogens is 422 g/mol. The fraction of sp³-hybridized carbons (Fsp3) is 0.750. The van der Waals surface area contributed by atoms with Crippen molar-refractivity contribution in [2.24, 2.45) is 0 Å². The third-order valence-electron chi connectivity index (χ3n) is 5.65. The number of anilines is 1. The maximum atomic E-state index is 13.0. The van der Waals surface area contributed by atoms with Gasteiger partial charge in [0.25, 0.3) is 5.91 Å². The Hall–Kier alpha value is -0.903. The standard InChI is InChI=1S/C20H35N3O3S2Si/c1-14(2)23(9-10-26-29(7,8)20(4,5)6)18(25)17-13-27-19(21-17)22-11-16(12-22)28-15(3)24/h13-14,16H,9-12H2,1-8H3. The van der Waals surface area contributed by atoms with Gasteiger partial charge in [-0.2, -0.15) is 0 Å². The normalized spacial score (nSPS) is 15.6. The molecule has 1 aliphatic rings. The smallest absolute Gasteiger partial charge is 0.273 e. The van der Waals surface area contributed by atoms with Crippen molar-refractivity contribution < 1.29 is 14.0 Å². The minimum Gasteiger partial charge on any atom is -0.415 e. The highest BCUT2D eigenvalue weighted by molar-refractivity contribution is 8.14. The van der Waals surface area contributed by atoms with E-state index in [1.807, 2.05) is 24.1 Å². The van der Waals surface area contributed by atoms with Crippen LogP contribution in [0, 0.1) is 0 Å². The van der Waals surface area contributed by atoms with Crippen LogP contribution in [0.25, 0.3) is 0 Å². The van der Waals surface area contributed by atoms with Crippen molar-refractivity contribution in [3.05, 3.63) is 11.1 Å². The minimum absolute atomic E-state index is 0.0449. The molecule has 2 rings (SSSR count). The lowest BCUT2D eigenvalue weighted by Gasteiger charge is -2.38. The number of hydrogen-bond donors (Lipinski definition) is 0. The van der Waals surface area contributed by atoms with Gasteiger partial charge in [0.1, 0.15) is 5.69 Å². The van der Waals surface area contributed by atoms with Gasteiger partial charge in [0.05, 0.1) is 6.61 Å². The molecule has 0 radical (unpaired) electrons. The highest BCUT2D eigenvalue weighted by Crippen LogP contribution is 2.36. The highest BCUT2D eigenvalue weighted by Gasteiger charge is 2.37. The van der Waals surface area contributed by atoms with Crippen LogP contribution >= 0.6 is 23.1 Å². The maximum absolute atomic E-state index is 13.0. The van der Waals surface area contributed by atoms with Crippen LogP contribution < -0.4 is 4.90 Å². The first-order valence-corrected chi connectivity index (χ1v) is 14.8. The average molecular weight is 458 g/mol. The maximum Gasteiger partial charge on any atom is 0.273 e. The molecule has 29 heavy (non-hydrogen) atoms. The number of thioether (sulfide) groups is 1. The lowest BCUT2D eigenvalue weighted by Crippen LogP contribution is -2.49. The van der Waals surface area contributed by atoms with Crippen LogP contribution in [0.3, 0.4) is 0 Å². The van der Waals surface area contributed by atoms with Gasteiger partial charge in [-0.3, -0.25) is 9.59 Å². The van der Waals surface area contributed by atoms with Crippen molar-refractivity contribution in [3.63, 3.8) is 0 Å². The number of amides is 1. The van der Waals surface area contributed by atoms with E-state index in [0.717, 1.165) is 18.2 Å². The van der Waals surface area contributed by atoms with Gasteiger partial charge in [-0.25, -0.2) is 4.98 Å². The summed E-state index contributed by atoms with van der Waals surface area (Å²) in [5.41, 5.74) is 0.494. The Morgan fingerprint density at radius 2 is 2.00 bits per heavy atom. The molecule has 2 heterocycles. The summed E-state index contributed by atoms with van der Waals surface area (Å²) in [4.78, 5) is 32.8. The molecule has 1 saturated heterocycles. The molecule has 0 atom stereocenters. The number of hydrogen-bond acceptors (Lipinski definition) is 7. The first-order chi connectivity index (χ1) is 13.3. The summed E-state index contributed by atoms with van der Waals surface area (Å²) in [6.45, 7) is 19.5. The van der Waals surface area contributed by atoms with E-state index >= 15 is 0 Å². The number of thiazole rings is 1. The second-order valence-electron chi connectivity index (χ2n) is 9.35. The van der Waals surface area contributed by atoms with Crippen LogP contribution in [0.4, 0.5) is 5.13 Å². The van der Waals surface area contributed by atoms with Gasteiger partial charge in [0.2, 0.25) is 0 Å². The van der Waals surface area contributed by atoms with E-state index < -0.39 is 8.32 Å². The molecule has 6 nitrogen and oxygen atoms in total. The van der Waals surface area contributed by atoms with Gasteiger partial charge in [0.15, 0.2) is 18.6 Å². The number of nitrogens with zero attached hydrogens (tertiary/aromatic N) is 3. The Kier molecular flexibility index (Phi) is 7.97. The molecule has 1 aliphatic heterocycles. The molecular formula is C20H35N3O3S2Si. The molecule has 164 valence electrons. The molecule has 1 amide bonds. The van der Waals surface area contributed by atoms with Crippen molar-refractivity contribution in [2.45, 2.75) is 71.0 Å². The molecule has 0 N–H and O–H groups in total. The van der Waals surface area contributed by atoms with Crippen LogP contribution in [-0.4, -0.2) is 66.8 Å². The zero-order valence-corrected chi connectivity index (χ0v) is 21.6. The summed E-state index contributed by atoms with van der Waals surface area (Å²) in [5, 5.41) is 3.33. The molecule has 0 aliphatic carbocycles. The molecule has 0 aromatic carbocycles. The third kappa shape index (κ3) is 6.29. The van der Waals surface area contributed by atoms with Crippen molar-refractivity contribution in [2.75, 3.05) is 31.1 Å². The summed E-state index contributed by atoms with van der Waals surface area (Å²) in [5.74, 6) is -0.0449. The second kappa shape index (κ2) is 9.49. The topological polar surface area (TPSA) is 62.7 Å². The van der Waals surface area contributed by atoms with E-state index in [-0.39, 0.29) is 22.1 Å². The molecule has 9 heteroatoms. The molecule has 0 unspecified atom stereocenters. The molecule has 1 aromatic rings. The van der Waals surface area contributed by atoms with Crippen molar-refractivity contribution in [1.29, 1.82) is 0 Å². The molecule has 0 saturated carbocycles. The van der Waals surface area contributed by atoms with Gasteiger partial charge in [-0.05, 0) is 32.0 Å². The van der Waals surface area contributed by atoms with Crippen LogP contribution in [0.5, 0.6) is 0 Å². The lowest BCUT2D eigenvalue weighted by atomic mass is 10.2. The second-order valence-corrected chi connectivity index (χ2v) is 16.5. The Bertz CT molecular complexity index is 725. The Labute approximate surface area is 184 Å². The average Bonchev–Trinajstić information content (AvgIpc) is 3.01. The van der Waals surface area contributed by atoms with Crippen molar-refractivity contribution >= 4 is 47.6 Å². The van der Waals surface area contributed by atoms with E-state index in [1.54, 1.807) is 6.92 Å². The monoisotopic (exact) mass is 457 g/mol. The molecule has 0 spiro atoms. The lowest BCUT2D eigenvalue weighted by molar-refractivity contribution is -0.109. The number of carbonyl (C=O) groups is 2. The third-order valence-corrected chi connectivity index (χ3v) is 12.1. The van der Waals surface area contributed by atoms with Gasteiger partial charge in [0, 0.05) is 43.2 Å². The predicted octanol–water partition coefficient (Wildman–Crippen LogP) is 4.48. The van der Waals surface area contributed by atoms with E-state index in [9.17, 15) is 9.59 Å². The predicted molar refractivity (Wildman–Crippen MR) is 126 cm³/mol. The zero-order valence-electron chi connectivity index (χ0n) is 18.9. The van der Waals surface area contributed by atoms with Gasteiger partial charge < -0.3 is 14.2 Å². The summed E-state index contributed by atoms with van der Waals surface area (Å²) >= 11 is 2.88. The van der Waals surface area contributed by atoms with Crippen LogP contribution in [-0.2, 0) is 9.22 Å². The molecule has 1 fully saturated rings. The van der Waals surface area contributed by atoms with E-state index in [4.69, 9.17) is 4.43 Å². The van der Waals surface area contributed by atoms with Gasteiger partial charge in [-0.15, -0.1) is 11.3 Å². The van der Waals surface area contributed by atoms with Crippen molar-refractivity contribution in [3.8, 4) is 0 Å². The summed E-state index contributed by atoms with van der Waals surface area (Å²) in [6.07, 6.45) is 0. The number of carbonyl (C=O) groups excluding carboxylic acids is 2. The van der Waals surface area contributed by atoms with Gasteiger partial charge >= 0.3 is 0 Å². The minimum atomic E-state index is -1.83. The highest BCUT2D eigenvalue weighted by atomic mass is 32.2. The Balaban J connectivity index is 1.94. The van der Waals surface area contributed by atoms with E-state index in [0.29, 0.717) is 24.1 Å². The number of aromatic nitrogens is 1. The first kappa shape index (κ1) is 24.4. The van der Waals surface area contributed by atoms with E-state index in [1.165, 1.54) is 23.1 Å². The van der Waals surface area contributed by atoms with Crippen LogP contribution in [0.15, 0.2) is 5.38 Å². The fourth-order valence-corrected chi connectivity index (χ4v) is 5.60. The quantitative estimate of drug-likeness (QED) is 0.536. The molecule has 1 aromatic heterocycles. The molecule has 0 bridgehead atoms. The van der Waals surface area contributed by atoms with Crippen molar-refractivity contribution in [1.82, 2.24) is 9.88 Å². The van der Waals surface area contributed by atoms with Crippen LogP contribution in [0.1, 0.15) is 52.0 Å². The largest absolute Gasteiger partial charge is 0.415 e. The number of rotatable bonds is 8. The summed E-state index contributed by atoms with van der Waals surface area (Å²) < 4.78 is 6.26. The first-order valence-electron chi connectivity index (χ1n) is 10.1.